The van der Waals surface area contributed by atoms with Gasteiger partial charge in [-0.3, -0.25) is 4.79 Å². The average Bonchev–Trinajstić information content (AvgIpc) is 3.10. The number of carbonyl (C=O) groups is 1. The lowest BCUT2D eigenvalue weighted by Gasteiger charge is -2.33. The first-order valence-corrected chi connectivity index (χ1v) is 12.1. The van der Waals surface area contributed by atoms with Gasteiger partial charge in [-0.15, -0.1) is 0 Å². The molecule has 3 aromatic rings. The molecule has 0 radical (unpaired) electrons. The summed E-state index contributed by atoms with van der Waals surface area (Å²) in [4.78, 5) is 14.6. The van der Waals surface area contributed by atoms with Crippen LogP contribution in [0.4, 0.5) is 32.0 Å². The second-order valence-electron chi connectivity index (χ2n) is 9.27. The molecule has 4 rings (SSSR count). The van der Waals surface area contributed by atoms with Crippen LogP contribution in [-0.2, 0) is 16.8 Å². The van der Waals surface area contributed by atoms with Crippen molar-refractivity contribution >= 4 is 11.6 Å². The minimum atomic E-state index is -6.07. The molecule has 0 aromatic heterocycles. The largest absolute Gasteiger partial charge is 0.497 e. The summed E-state index contributed by atoms with van der Waals surface area (Å²) in [6, 6.07) is 16.4. The molecular formula is C28H25F6NO5. The van der Waals surface area contributed by atoms with Crippen molar-refractivity contribution in [3.8, 4) is 11.5 Å². The molecule has 0 spiro atoms. The van der Waals surface area contributed by atoms with E-state index >= 15 is 0 Å². The number of rotatable bonds is 6. The number of hydrogen-bond acceptors (Lipinski definition) is 5. The van der Waals surface area contributed by atoms with Gasteiger partial charge < -0.3 is 24.6 Å². The summed E-state index contributed by atoms with van der Waals surface area (Å²) in [5, 5.41) is 20.7. The Bertz CT molecular complexity index is 1330. The molecular weight excluding hydrogens is 544 g/mol. The molecule has 3 aromatic carbocycles. The average molecular weight is 569 g/mol. The van der Waals surface area contributed by atoms with Crippen molar-refractivity contribution in [2.45, 2.75) is 43.0 Å². The summed E-state index contributed by atoms with van der Waals surface area (Å²) in [6.45, 7) is -0.172. The van der Waals surface area contributed by atoms with Crippen molar-refractivity contribution in [3.05, 3.63) is 89.5 Å². The molecule has 1 aliphatic rings. The molecule has 6 nitrogen and oxygen atoms in total. The van der Waals surface area contributed by atoms with Gasteiger partial charge in [-0.2, -0.15) is 26.3 Å². The molecule has 1 heterocycles. The van der Waals surface area contributed by atoms with Crippen LogP contribution < -0.4 is 14.4 Å². The van der Waals surface area contributed by atoms with Crippen LogP contribution in [0.3, 0.4) is 0 Å². The smallest absolute Gasteiger partial charge is 0.430 e. The third kappa shape index (κ3) is 5.59. The highest BCUT2D eigenvalue weighted by atomic mass is 19.4. The molecule has 40 heavy (non-hydrogen) atoms. The Morgan fingerprint density at radius 1 is 0.925 bits per heavy atom. The monoisotopic (exact) mass is 569 g/mol. The van der Waals surface area contributed by atoms with Gasteiger partial charge in [0, 0.05) is 17.3 Å². The number of aliphatic hydroxyl groups is 2. The van der Waals surface area contributed by atoms with E-state index in [1.807, 2.05) is 0 Å². The predicted octanol–water partition coefficient (Wildman–Crippen LogP) is 5.47. The second-order valence-corrected chi connectivity index (χ2v) is 9.27. The lowest BCUT2D eigenvalue weighted by molar-refractivity contribution is -0.376. The summed E-state index contributed by atoms with van der Waals surface area (Å²) >= 11 is 0. The highest BCUT2D eigenvalue weighted by molar-refractivity contribution is 5.98. The Morgan fingerprint density at radius 3 is 2.20 bits per heavy atom. The minimum Gasteiger partial charge on any atom is -0.497 e. The molecule has 0 bridgehead atoms. The maximum Gasteiger partial charge on any atom is 0.430 e. The Kier molecular flexibility index (Phi) is 8.04. The van der Waals surface area contributed by atoms with Gasteiger partial charge in [-0.1, -0.05) is 48.5 Å². The normalized spacial score (nSPS) is 17.0. The van der Waals surface area contributed by atoms with Crippen molar-refractivity contribution in [1.82, 2.24) is 0 Å². The van der Waals surface area contributed by atoms with Crippen LogP contribution in [0.1, 0.15) is 29.2 Å². The molecule has 1 aliphatic heterocycles. The number of aliphatic hydroxyl groups excluding tert-OH is 1. The van der Waals surface area contributed by atoms with Gasteiger partial charge in [0.15, 0.2) is 6.10 Å². The Hall–Kier alpha value is -3.77. The first-order chi connectivity index (χ1) is 18.8. The highest BCUT2D eigenvalue weighted by Crippen LogP contribution is 2.51. The first kappa shape index (κ1) is 29.2. The number of carbonyl (C=O) groups excluding carboxylic acids is 1. The van der Waals surface area contributed by atoms with E-state index in [4.69, 9.17) is 9.47 Å². The number of anilines is 1. The number of amides is 1. The first-order valence-electron chi connectivity index (χ1n) is 12.1. The van der Waals surface area contributed by atoms with Crippen LogP contribution in [0.25, 0.3) is 0 Å². The van der Waals surface area contributed by atoms with E-state index in [1.165, 1.54) is 19.2 Å². The molecule has 0 aliphatic carbocycles. The number of nitrogens with zero attached hydrogens (tertiary/aromatic N) is 1. The Labute approximate surface area is 225 Å². The number of fused-ring (bicyclic) bond motifs is 1. The molecule has 2 N–H and O–H groups in total. The van der Waals surface area contributed by atoms with E-state index in [2.05, 4.69) is 0 Å². The van der Waals surface area contributed by atoms with E-state index in [1.54, 1.807) is 42.5 Å². The molecule has 2 atom stereocenters. The third-order valence-electron chi connectivity index (χ3n) is 6.69. The fourth-order valence-electron chi connectivity index (χ4n) is 4.57. The summed E-state index contributed by atoms with van der Waals surface area (Å²) in [5.41, 5.74) is -6.39. The second kappa shape index (κ2) is 11.0. The summed E-state index contributed by atoms with van der Waals surface area (Å²) in [5.74, 6) is -0.0242. The standard InChI is InChI=1S/C28H25F6NO5/c1-39-20-8-5-9-21(15-20)40-22-12-10-18-14-19(26(38,27(29,30)31)28(32,33)34)11-13-23(18)35(16-22)25(37)24(36)17-6-3-2-4-7-17/h2-9,11,13-15,22,24,36,38H,10,12,16H2,1H3. The number of methoxy groups -OCH3 is 1. The number of ether oxygens (including phenoxy) is 2. The van der Waals surface area contributed by atoms with Crippen molar-refractivity contribution in [3.63, 3.8) is 0 Å². The Morgan fingerprint density at radius 2 is 1.57 bits per heavy atom. The maximum absolute atomic E-state index is 13.6. The number of alkyl halides is 6. The van der Waals surface area contributed by atoms with Crippen LogP contribution in [-0.4, -0.2) is 48.2 Å². The van der Waals surface area contributed by atoms with Crippen LogP contribution >= 0.6 is 0 Å². The van der Waals surface area contributed by atoms with Crippen molar-refractivity contribution in [2.75, 3.05) is 18.6 Å². The van der Waals surface area contributed by atoms with Gasteiger partial charge in [0.05, 0.1) is 13.7 Å². The van der Waals surface area contributed by atoms with Crippen LogP contribution in [0.15, 0.2) is 72.8 Å². The Balaban J connectivity index is 1.76. The van der Waals surface area contributed by atoms with Crippen molar-refractivity contribution in [2.24, 2.45) is 0 Å². The van der Waals surface area contributed by atoms with E-state index in [0.717, 1.165) is 11.0 Å². The molecule has 2 unspecified atom stereocenters. The number of benzene rings is 3. The number of hydrogen-bond donors (Lipinski definition) is 2. The summed E-state index contributed by atoms with van der Waals surface area (Å²) < 4.78 is 92.6. The van der Waals surface area contributed by atoms with E-state index in [9.17, 15) is 41.4 Å². The lowest BCUT2D eigenvalue weighted by atomic mass is 9.89. The summed E-state index contributed by atoms with van der Waals surface area (Å²) in [6.07, 6.45) is -14.6. The zero-order chi connectivity index (χ0) is 29.3. The minimum absolute atomic E-state index is 0.00725. The number of halogens is 6. The highest BCUT2D eigenvalue weighted by Gasteiger charge is 2.71. The topological polar surface area (TPSA) is 79.2 Å². The van der Waals surface area contributed by atoms with Gasteiger partial charge in [0.2, 0.25) is 0 Å². The summed E-state index contributed by atoms with van der Waals surface area (Å²) in [7, 11) is 1.45. The molecule has 0 saturated carbocycles. The molecule has 0 fully saturated rings. The van der Waals surface area contributed by atoms with Crippen molar-refractivity contribution in [1.29, 1.82) is 0 Å². The van der Waals surface area contributed by atoms with Crippen LogP contribution in [0.2, 0.25) is 0 Å². The maximum atomic E-state index is 13.6. The van der Waals surface area contributed by atoms with E-state index in [0.29, 0.717) is 23.6 Å². The van der Waals surface area contributed by atoms with Crippen LogP contribution in [0.5, 0.6) is 11.5 Å². The van der Waals surface area contributed by atoms with E-state index < -0.39 is 41.6 Å². The SMILES string of the molecule is COc1cccc(OC2CCc3cc(C(O)(C(F)(F)F)C(F)(F)F)ccc3N(C(=O)C(O)c3ccccc3)C2)c1. The molecule has 1 amide bonds. The zero-order valence-electron chi connectivity index (χ0n) is 21.0. The fraction of sp³-hybridized carbons (Fsp3) is 0.321. The number of aryl methyl sites for hydroxylation is 1. The third-order valence-corrected chi connectivity index (χ3v) is 6.69. The van der Waals surface area contributed by atoms with Gasteiger partial charge in [-0.25, -0.2) is 0 Å². The van der Waals surface area contributed by atoms with E-state index in [-0.39, 0.29) is 36.2 Å². The van der Waals surface area contributed by atoms with Gasteiger partial charge in [-0.05, 0) is 42.2 Å². The van der Waals surface area contributed by atoms with Gasteiger partial charge >= 0.3 is 12.4 Å². The predicted molar refractivity (Wildman–Crippen MR) is 132 cm³/mol. The lowest BCUT2D eigenvalue weighted by Crippen LogP contribution is -2.54. The molecule has 214 valence electrons. The van der Waals surface area contributed by atoms with Gasteiger partial charge in [0.1, 0.15) is 17.6 Å². The van der Waals surface area contributed by atoms with Crippen LogP contribution in [0, 0.1) is 0 Å². The molecule has 0 saturated heterocycles. The van der Waals surface area contributed by atoms with Crippen molar-refractivity contribution < 1.29 is 50.8 Å². The van der Waals surface area contributed by atoms with Gasteiger partial charge in [0.25, 0.3) is 11.5 Å². The molecule has 12 heteroatoms. The zero-order valence-corrected chi connectivity index (χ0v) is 21.0. The quantitative estimate of drug-likeness (QED) is 0.385. The fourth-order valence-corrected chi connectivity index (χ4v) is 4.57.